The summed E-state index contributed by atoms with van der Waals surface area (Å²) in [6, 6.07) is 3.99. The summed E-state index contributed by atoms with van der Waals surface area (Å²) in [5, 5.41) is 10.2. The molecule has 0 unspecified atom stereocenters. The molecular weight excluding hydrogens is 338 g/mol. The molecule has 1 atom stereocenters. The number of hydrogen-bond donors (Lipinski definition) is 1. The number of carboxylic acid groups (broad SMARTS) is 1. The zero-order valence-corrected chi connectivity index (χ0v) is 13.4. The summed E-state index contributed by atoms with van der Waals surface area (Å²) in [5.41, 5.74) is 1.82. The van der Waals surface area contributed by atoms with E-state index >= 15 is 0 Å². The van der Waals surface area contributed by atoms with Crippen LogP contribution >= 0.6 is 15.9 Å². The summed E-state index contributed by atoms with van der Waals surface area (Å²) in [4.78, 5) is 17.2. The summed E-state index contributed by atoms with van der Waals surface area (Å²) < 4.78 is 8.32. The van der Waals surface area contributed by atoms with Crippen LogP contribution in [0.15, 0.2) is 16.7 Å². The second-order valence-corrected chi connectivity index (χ2v) is 5.89. The van der Waals surface area contributed by atoms with E-state index in [2.05, 4.69) is 25.5 Å². The molecule has 7 heteroatoms. The summed E-state index contributed by atoms with van der Waals surface area (Å²) in [7, 11) is 0. The Kier molecular flexibility index (Phi) is 3.52. The molecule has 0 saturated carbocycles. The van der Waals surface area contributed by atoms with Gasteiger partial charge in [-0.15, -0.1) is 0 Å². The second kappa shape index (κ2) is 5.22. The molecule has 0 radical (unpaired) electrons. The fourth-order valence-corrected chi connectivity index (χ4v) is 3.24. The highest BCUT2D eigenvalue weighted by molar-refractivity contribution is 9.10. The van der Waals surface area contributed by atoms with Gasteiger partial charge >= 0.3 is 6.09 Å². The van der Waals surface area contributed by atoms with Gasteiger partial charge in [-0.2, -0.15) is 0 Å². The number of rotatable bonds is 2. The Labute approximate surface area is 130 Å². The Hall–Kier alpha value is -1.76. The number of nitrogens with zero attached hydrogens (tertiary/aromatic N) is 3. The molecule has 1 aliphatic heterocycles. The summed E-state index contributed by atoms with van der Waals surface area (Å²) >= 11 is 3.43. The topological polar surface area (TPSA) is 67.6 Å². The van der Waals surface area contributed by atoms with E-state index in [4.69, 9.17) is 4.74 Å². The standard InChI is InChI=1S/C14H16BrN3O3/c1-3-21-11-5-9-4-10-7-17(14(19)20)6-8(2)18(10)13(9)16-12(11)15/h4-5,8H,3,6-7H2,1-2H3,(H,19,20)/t8-/m1/s1. The molecule has 0 bridgehead atoms. The van der Waals surface area contributed by atoms with E-state index in [0.29, 0.717) is 30.0 Å². The minimum absolute atomic E-state index is 0.0553. The lowest BCUT2D eigenvalue weighted by atomic mass is 10.2. The predicted octanol–water partition coefficient (Wildman–Crippen LogP) is 3.25. The number of pyridine rings is 1. The monoisotopic (exact) mass is 353 g/mol. The first-order valence-electron chi connectivity index (χ1n) is 6.82. The molecule has 1 aliphatic rings. The van der Waals surface area contributed by atoms with Gasteiger partial charge in [0.05, 0.1) is 19.2 Å². The van der Waals surface area contributed by atoms with Gasteiger partial charge in [0, 0.05) is 17.6 Å². The van der Waals surface area contributed by atoms with Crippen LogP contribution < -0.4 is 4.74 Å². The molecule has 0 fully saturated rings. The number of carbonyl (C=O) groups is 1. The fraction of sp³-hybridized carbons (Fsp3) is 0.429. The molecule has 0 saturated heterocycles. The minimum atomic E-state index is -0.887. The lowest BCUT2D eigenvalue weighted by molar-refractivity contribution is 0.125. The second-order valence-electron chi connectivity index (χ2n) is 5.14. The zero-order valence-electron chi connectivity index (χ0n) is 11.8. The van der Waals surface area contributed by atoms with Crippen LogP contribution in [-0.2, 0) is 6.54 Å². The smallest absolute Gasteiger partial charge is 0.407 e. The van der Waals surface area contributed by atoms with Gasteiger partial charge in [-0.1, -0.05) is 0 Å². The third-order valence-corrected chi connectivity index (χ3v) is 4.23. The van der Waals surface area contributed by atoms with Gasteiger partial charge in [-0.25, -0.2) is 9.78 Å². The molecule has 112 valence electrons. The van der Waals surface area contributed by atoms with E-state index in [1.165, 1.54) is 4.90 Å². The maximum Gasteiger partial charge on any atom is 0.407 e. The van der Waals surface area contributed by atoms with Crippen LogP contribution in [0.25, 0.3) is 11.0 Å². The first kappa shape index (κ1) is 14.2. The van der Waals surface area contributed by atoms with Gasteiger partial charge in [-0.3, -0.25) is 0 Å². The molecular formula is C14H16BrN3O3. The van der Waals surface area contributed by atoms with Crippen molar-refractivity contribution >= 4 is 33.1 Å². The Balaban J connectivity index is 2.12. The number of halogens is 1. The van der Waals surface area contributed by atoms with E-state index in [1.807, 2.05) is 26.0 Å². The molecule has 1 amide bonds. The van der Waals surface area contributed by atoms with E-state index in [1.54, 1.807) is 0 Å². The third kappa shape index (κ3) is 2.35. The SMILES string of the molecule is CCOc1cc2cc3n(c2nc1Br)[C@H](C)CN(C(=O)O)C3. The Morgan fingerprint density at radius 1 is 1.57 bits per heavy atom. The number of ether oxygens (including phenoxy) is 1. The molecule has 1 N–H and O–H groups in total. The number of fused-ring (bicyclic) bond motifs is 3. The van der Waals surface area contributed by atoms with Crippen molar-refractivity contribution in [2.45, 2.75) is 26.4 Å². The van der Waals surface area contributed by atoms with Gasteiger partial charge < -0.3 is 19.3 Å². The third-order valence-electron chi connectivity index (χ3n) is 3.66. The van der Waals surface area contributed by atoms with Gasteiger partial charge in [0.15, 0.2) is 5.75 Å². The fourth-order valence-electron chi connectivity index (χ4n) is 2.84. The largest absolute Gasteiger partial charge is 0.491 e. The van der Waals surface area contributed by atoms with Gasteiger partial charge in [0.1, 0.15) is 10.3 Å². The maximum absolute atomic E-state index is 11.2. The van der Waals surface area contributed by atoms with Crippen molar-refractivity contribution in [1.29, 1.82) is 0 Å². The Morgan fingerprint density at radius 2 is 2.33 bits per heavy atom. The van der Waals surface area contributed by atoms with E-state index < -0.39 is 6.09 Å². The van der Waals surface area contributed by atoms with E-state index in [0.717, 1.165) is 16.7 Å². The van der Waals surface area contributed by atoms with Crippen LogP contribution in [0.5, 0.6) is 5.75 Å². The van der Waals surface area contributed by atoms with Crippen molar-refractivity contribution in [2.75, 3.05) is 13.2 Å². The average molecular weight is 354 g/mol. The van der Waals surface area contributed by atoms with Crippen LogP contribution in [0.3, 0.4) is 0 Å². The van der Waals surface area contributed by atoms with E-state index in [-0.39, 0.29) is 6.04 Å². The van der Waals surface area contributed by atoms with Crippen molar-refractivity contribution in [1.82, 2.24) is 14.5 Å². The first-order chi connectivity index (χ1) is 10.0. The molecule has 0 aliphatic carbocycles. The number of amides is 1. The first-order valence-corrected chi connectivity index (χ1v) is 7.61. The highest BCUT2D eigenvalue weighted by Gasteiger charge is 2.27. The van der Waals surface area contributed by atoms with E-state index in [9.17, 15) is 9.90 Å². The highest BCUT2D eigenvalue weighted by atomic mass is 79.9. The molecule has 21 heavy (non-hydrogen) atoms. The van der Waals surface area contributed by atoms with Crippen LogP contribution in [0.2, 0.25) is 0 Å². The summed E-state index contributed by atoms with van der Waals surface area (Å²) in [6.45, 7) is 5.36. The Morgan fingerprint density at radius 3 is 3.00 bits per heavy atom. The summed E-state index contributed by atoms with van der Waals surface area (Å²) in [6.07, 6.45) is -0.887. The van der Waals surface area contributed by atoms with Crippen LogP contribution in [0.4, 0.5) is 4.79 Å². The summed E-state index contributed by atoms with van der Waals surface area (Å²) in [5.74, 6) is 0.704. The highest BCUT2D eigenvalue weighted by Crippen LogP contribution is 2.33. The maximum atomic E-state index is 11.2. The predicted molar refractivity (Wildman–Crippen MR) is 81.7 cm³/mol. The molecule has 0 aromatic carbocycles. The van der Waals surface area contributed by atoms with Gasteiger partial charge in [0.2, 0.25) is 0 Å². The molecule has 3 rings (SSSR count). The molecule has 0 spiro atoms. The van der Waals surface area contributed by atoms with Crippen LogP contribution in [0, 0.1) is 0 Å². The minimum Gasteiger partial charge on any atom is -0.491 e. The zero-order chi connectivity index (χ0) is 15.1. The number of hydrogen-bond acceptors (Lipinski definition) is 3. The van der Waals surface area contributed by atoms with Crippen molar-refractivity contribution in [3.05, 3.63) is 22.4 Å². The van der Waals surface area contributed by atoms with Crippen molar-refractivity contribution in [2.24, 2.45) is 0 Å². The van der Waals surface area contributed by atoms with Gasteiger partial charge in [-0.05, 0) is 41.9 Å². The van der Waals surface area contributed by atoms with Crippen LogP contribution in [-0.4, -0.2) is 38.8 Å². The number of aromatic nitrogens is 2. The van der Waals surface area contributed by atoms with Crippen molar-refractivity contribution < 1.29 is 14.6 Å². The lowest BCUT2D eigenvalue weighted by Gasteiger charge is -2.31. The van der Waals surface area contributed by atoms with Crippen molar-refractivity contribution in [3.8, 4) is 5.75 Å². The average Bonchev–Trinajstić information content (AvgIpc) is 2.77. The normalized spacial score (nSPS) is 17.9. The molecule has 2 aromatic heterocycles. The Bertz CT molecular complexity index is 713. The molecule has 6 nitrogen and oxygen atoms in total. The van der Waals surface area contributed by atoms with Gasteiger partial charge in [0.25, 0.3) is 0 Å². The quantitative estimate of drug-likeness (QED) is 0.841. The van der Waals surface area contributed by atoms with Crippen molar-refractivity contribution in [3.63, 3.8) is 0 Å². The molecule has 3 heterocycles. The lowest BCUT2D eigenvalue weighted by Crippen LogP contribution is -2.39. The van der Waals surface area contributed by atoms with Crippen LogP contribution in [0.1, 0.15) is 25.6 Å². The molecule has 2 aromatic rings.